The van der Waals surface area contributed by atoms with Crippen LogP contribution in [0.25, 0.3) is 5.69 Å². The topological polar surface area (TPSA) is 69.6 Å². The van der Waals surface area contributed by atoms with Gasteiger partial charge >= 0.3 is 0 Å². The molecule has 0 aliphatic carbocycles. The summed E-state index contributed by atoms with van der Waals surface area (Å²) < 4.78 is 41.3. The predicted molar refractivity (Wildman–Crippen MR) is 107 cm³/mol. The number of ether oxygens (including phenoxy) is 2. The first kappa shape index (κ1) is 18.6. The highest BCUT2D eigenvalue weighted by Crippen LogP contribution is 2.32. The molecule has 28 heavy (non-hydrogen) atoms. The molecule has 6 nitrogen and oxygen atoms in total. The Bertz CT molecular complexity index is 1100. The molecule has 0 fully saturated rings. The molecule has 0 spiro atoms. The number of hydrogen-bond donors (Lipinski definition) is 1. The lowest BCUT2D eigenvalue weighted by Crippen LogP contribution is -2.24. The summed E-state index contributed by atoms with van der Waals surface area (Å²) in [7, 11) is -3.67. The number of hydrogen-bond acceptors (Lipinski definition) is 4. The van der Waals surface area contributed by atoms with E-state index in [0.29, 0.717) is 24.7 Å². The molecule has 3 aromatic rings. The van der Waals surface area contributed by atoms with Crippen molar-refractivity contribution >= 4 is 10.0 Å². The van der Waals surface area contributed by atoms with Gasteiger partial charge in [0, 0.05) is 29.7 Å². The van der Waals surface area contributed by atoms with Gasteiger partial charge in [0.15, 0.2) is 11.5 Å². The molecular formula is C21H22N2O4S. The van der Waals surface area contributed by atoms with E-state index in [1.165, 1.54) is 12.1 Å². The van der Waals surface area contributed by atoms with Gasteiger partial charge in [0.1, 0.15) is 13.2 Å². The fraction of sp³-hybridized carbons (Fsp3) is 0.238. The molecule has 4 rings (SSSR count). The van der Waals surface area contributed by atoms with E-state index in [0.717, 1.165) is 22.6 Å². The molecule has 0 unspecified atom stereocenters. The van der Waals surface area contributed by atoms with Gasteiger partial charge in [-0.15, -0.1) is 0 Å². The minimum absolute atomic E-state index is 0.161. The number of aromatic nitrogens is 1. The van der Waals surface area contributed by atoms with Crippen molar-refractivity contribution in [2.45, 2.75) is 25.3 Å². The van der Waals surface area contributed by atoms with E-state index in [4.69, 9.17) is 9.47 Å². The standard InChI is InChI=1S/C21H22N2O4S/c1-15-12-17(16(2)23(15)18-6-4-3-5-7-18)14-22-28(24,25)19-8-9-20-21(13-19)27-11-10-26-20/h3-9,12-13,22H,10-11,14H2,1-2H3. The van der Waals surface area contributed by atoms with E-state index in [9.17, 15) is 8.42 Å². The van der Waals surface area contributed by atoms with Crippen molar-refractivity contribution in [1.29, 1.82) is 0 Å². The monoisotopic (exact) mass is 398 g/mol. The Kier molecular flexibility index (Phi) is 4.87. The average Bonchev–Trinajstić information content (AvgIpc) is 3.00. The predicted octanol–water partition coefficient (Wildman–Crippen LogP) is 3.34. The molecule has 146 valence electrons. The van der Waals surface area contributed by atoms with Crippen LogP contribution >= 0.6 is 0 Å². The lowest BCUT2D eigenvalue weighted by molar-refractivity contribution is 0.171. The Morgan fingerprint density at radius 2 is 1.68 bits per heavy atom. The van der Waals surface area contributed by atoms with Crippen LogP contribution in [0.5, 0.6) is 11.5 Å². The molecule has 0 bridgehead atoms. The average molecular weight is 398 g/mol. The zero-order valence-corrected chi connectivity index (χ0v) is 16.6. The molecular weight excluding hydrogens is 376 g/mol. The van der Waals surface area contributed by atoms with Crippen LogP contribution in [0.15, 0.2) is 59.5 Å². The third-order valence-corrected chi connectivity index (χ3v) is 6.23. The van der Waals surface area contributed by atoms with Gasteiger partial charge in [0.2, 0.25) is 10.0 Å². The van der Waals surface area contributed by atoms with Crippen LogP contribution in [0, 0.1) is 13.8 Å². The van der Waals surface area contributed by atoms with Crippen LogP contribution in [0.3, 0.4) is 0 Å². The maximum Gasteiger partial charge on any atom is 0.241 e. The molecule has 1 aliphatic rings. The summed E-state index contributed by atoms with van der Waals surface area (Å²) in [5.41, 5.74) is 4.05. The molecule has 0 radical (unpaired) electrons. The summed E-state index contributed by atoms with van der Waals surface area (Å²) >= 11 is 0. The van der Waals surface area contributed by atoms with Crippen molar-refractivity contribution in [2.75, 3.05) is 13.2 Å². The molecule has 2 heterocycles. The fourth-order valence-electron chi connectivity index (χ4n) is 3.43. The molecule has 0 amide bonds. The highest BCUT2D eigenvalue weighted by atomic mass is 32.2. The normalized spacial score (nSPS) is 13.5. The number of nitrogens with one attached hydrogen (secondary N) is 1. The quantitative estimate of drug-likeness (QED) is 0.716. The van der Waals surface area contributed by atoms with Crippen molar-refractivity contribution in [3.05, 3.63) is 71.5 Å². The van der Waals surface area contributed by atoms with Gasteiger partial charge in [-0.25, -0.2) is 13.1 Å². The largest absolute Gasteiger partial charge is 0.486 e. The third kappa shape index (κ3) is 3.50. The van der Waals surface area contributed by atoms with E-state index < -0.39 is 10.0 Å². The summed E-state index contributed by atoms with van der Waals surface area (Å²) in [4.78, 5) is 0.161. The maximum atomic E-state index is 12.8. The highest BCUT2D eigenvalue weighted by molar-refractivity contribution is 7.89. The van der Waals surface area contributed by atoms with Gasteiger partial charge in [-0.2, -0.15) is 0 Å². The molecule has 1 aliphatic heterocycles. The summed E-state index contributed by atoms with van der Waals surface area (Å²) in [6.07, 6.45) is 0. The van der Waals surface area contributed by atoms with Crippen molar-refractivity contribution in [1.82, 2.24) is 9.29 Å². The van der Waals surface area contributed by atoms with Crippen molar-refractivity contribution in [3.63, 3.8) is 0 Å². The number of aryl methyl sites for hydroxylation is 1. The summed E-state index contributed by atoms with van der Waals surface area (Å²) in [5.74, 6) is 1.02. The fourth-order valence-corrected chi connectivity index (χ4v) is 4.45. The molecule has 1 N–H and O–H groups in total. The van der Waals surface area contributed by atoms with Crippen LogP contribution in [0.1, 0.15) is 17.0 Å². The first-order valence-corrected chi connectivity index (χ1v) is 10.6. The van der Waals surface area contributed by atoms with Gasteiger partial charge in [0.05, 0.1) is 4.90 Å². The van der Waals surface area contributed by atoms with Crippen LogP contribution in [-0.2, 0) is 16.6 Å². The Morgan fingerprint density at radius 1 is 0.964 bits per heavy atom. The second-order valence-corrected chi connectivity index (χ2v) is 8.46. The number of para-hydroxylation sites is 1. The molecule has 2 aromatic carbocycles. The molecule has 7 heteroatoms. The Labute approximate surface area is 164 Å². The molecule has 0 atom stereocenters. The van der Waals surface area contributed by atoms with Gasteiger partial charge in [-0.05, 0) is 49.7 Å². The summed E-state index contributed by atoms with van der Waals surface area (Å²) in [5, 5.41) is 0. The second-order valence-electron chi connectivity index (χ2n) is 6.70. The van der Waals surface area contributed by atoms with Gasteiger partial charge < -0.3 is 14.0 Å². The highest BCUT2D eigenvalue weighted by Gasteiger charge is 2.20. The van der Waals surface area contributed by atoms with E-state index in [-0.39, 0.29) is 11.4 Å². The number of fused-ring (bicyclic) bond motifs is 1. The maximum absolute atomic E-state index is 12.8. The van der Waals surface area contributed by atoms with Crippen molar-refractivity contribution in [3.8, 4) is 17.2 Å². The Hall–Kier alpha value is -2.77. The first-order chi connectivity index (χ1) is 13.5. The van der Waals surface area contributed by atoms with E-state index in [2.05, 4.69) is 9.29 Å². The molecule has 0 saturated carbocycles. The molecule has 0 saturated heterocycles. The zero-order chi connectivity index (χ0) is 19.7. The van der Waals surface area contributed by atoms with Crippen molar-refractivity contribution < 1.29 is 17.9 Å². The van der Waals surface area contributed by atoms with Crippen LogP contribution < -0.4 is 14.2 Å². The van der Waals surface area contributed by atoms with Gasteiger partial charge in [-0.1, -0.05) is 18.2 Å². The van der Waals surface area contributed by atoms with Gasteiger partial charge in [-0.3, -0.25) is 0 Å². The van der Waals surface area contributed by atoms with Gasteiger partial charge in [0.25, 0.3) is 0 Å². The van der Waals surface area contributed by atoms with Crippen LogP contribution in [-0.4, -0.2) is 26.2 Å². The lowest BCUT2D eigenvalue weighted by atomic mass is 10.2. The molecule has 1 aromatic heterocycles. The van der Waals surface area contributed by atoms with E-state index in [1.807, 2.05) is 50.2 Å². The Morgan fingerprint density at radius 3 is 2.43 bits per heavy atom. The SMILES string of the molecule is Cc1cc(CNS(=O)(=O)c2ccc3c(c2)OCCO3)c(C)n1-c1ccccc1. The smallest absolute Gasteiger partial charge is 0.241 e. The second kappa shape index (κ2) is 7.33. The summed E-state index contributed by atoms with van der Waals surface area (Å²) in [6, 6.07) is 16.7. The number of benzene rings is 2. The summed E-state index contributed by atoms with van der Waals surface area (Å²) in [6.45, 7) is 5.10. The number of sulfonamides is 1. The number of rotatable bonds is 5. The first-order valence-electron chi connectivity index (χ1n) is 9.08. The zero-order valence-electron chi connectivity index (χ0n) is 15.8. The Balaban J connectivity index is 1.56. The van der Waals surface area contributed by atoms with Crippen molar-refractivity contribution in [2.24, 2.45) is 0 Å². The van der Waals surface area contributed by atoms with Crippen LogP contribution in [0.2, 0.25) is 0 Å². The minimum Gasteiger partial charge on any atom is -0.486 e. The van der Waals surface area contributed by atoms with E-state index in [1.54, 1.807) is 6.07 Å². The number of nitrogens with zero attached hydrogens (tertiary/aromatic N) is 1. The van der Waals surface area contributed by atoms with E-state index >= 15 is 0 Å². The lowest BCUT2D eigenvalue weighted by Gasteiger charge is -2.19. The van der Waals surface area contributed by atoms with Crippen LogP contribution in [0.4, 0.5) is 0 Å². The third-order valence-electron chi connectivity index (χ3n) is 4.83. The minimum atomic E-state index is -3.67.